The van der Waals surface area contributed by atoms with Crippen molar-refractivity contribution in [1.29, 1.82) is 0 Å². The maximum absolute atomic E-state index is 11.6. The van der Waals surface area contributed by atoms with Crippen LogP contribution in [0.1, 0.15) is 43.1 Å². The highest BCUT2D eigenvalue weighted by atomic mass is 32.2. The van der Waals surface area contributed by atoms with Crippen LogP contribution in [-0.2, 0) is 4.74 Å². The molecule has 0 saturated carbocycles. The highest BCUT2D eigenvalue weighted by Crippen LogP contribution is 2.21. The van der Waals surface area contributed by atoms with Crippen LogP contribution in [0.5, 0.6) is 0 Å². The minimum atomic E-state index is -0.341. The van der Waals surface area contributed by atoms with E-state index < -0.39 is 0 Å². The van der Waals surface area contributed by atoms with Gasteiger partial charge in [-0.1, -0.05) is 12.8 Å². The minimum Gasteiger partial charge on any atom is -0.461 e. The van der Waals surface area contributed by atoms with Gasteiger partial charge in [-0.25, -0.2) is 9.78 Å². The number of thioether (sulfide) groups is 1. The molecule has 1 N–H and O–H groups in total. The number of unbranched alkanes of at least 4 members (excludes halogenated alkanes) is 3. The van der Waals surface area contributed by atoms with E-state index in [0.29, 0.717) is 12.3 Å². The van der Waals surface area contributed by atoms with Gasteiger partial charge < -0.3 is 10.1 Å². The van der Waals surface area contributed by atoms with E-state index in [0.717, 1.165) is 18.0 Å². The van der Waals surface area contributed by atoms with E-state index in [-0.39, 0.29) is 5.97 Å². The van der Waals surface area contributed by atoms with Crippen LogP contribution in [0, 0.1) is 0 Å². The molecule has 0 aliphatic rings. The SMILES string of the molecule is CCOC(=O)c1ncsc1NCCCCCCSC. The molecular weight excluding hydrogens is 280 g/mol. The standard InChI is InChI=1S/C13H22N2O2S2/c1-3-17-13(16)11-12(19-10-15-11)14-8-6-4-5-7-9-18-2/h10,14H,3-9H2,1-2H3. The highest BCUT2D eigenvalue weighted by Gasteiger charge is 2.15. The molecule has 0 atom stereocenters. The van der Waals surface area contributed by atoms with Crippen molar-refractivity contribution >= 4 is 34.1 Å². The average molecular weight is 302 g/mol. The van der Waals surface area contributed by atoms with Gasteiger partial charge in [-0.15, -0.1) is 11.3 Å². The zero-order valence-corrected chi connectivity index (χ0v) is 13.2. The molecule has 0 saturated heterocycles. The third-order valence-electron chi connectivity index (χ3n) is 2.60. The molecule has 0 bridgehead atoms. The lowest BCUT2D eigenvalue weighted by molar-refractivity contribution is 0.0521. The van der Waals surface area contributed by atoms with Crippen LogP contribution in [0.3, 0.4) is 0 Å². The molecule has 0 amide bonds. The quantitative estimate of drug-likeness (QED) is 0.528. The maximum atomic E-state index is 11.6. The van der Waals surface area contributed by atoms with Gasteiger partial charge in [0.05, 0.1) is 12.1 Å². The summed E-state index contributed by atoms with van der Waals surface area (Å²) in [5.74, 6) is 0.904. The van der Waals surface area contributed by atoms with Crippen molar-refractivity contribution in [3.63, 3.8) is 0 Å². The number of nitrogens with zero attached hydrogens (tertiary/aromatic N) is 1. The van der Waals surface area contributed by atoms with E-state index >= 15 is 0 Å². The molecule has 1 aromatic heterocycles. The summed E-state index contributed by atoms with van der Waals surface area (Å²) < 4.78 is 4.96. The van der Waals surface area contributed by atoms with Crippen molar-refractivity contribution in [3.8, 4) is 0 Å². The minimum absolute atomic E-state index is 0.341. The van der Waals surface area contributed by atoms with Gasteiger partial charge in [-0.05, 0) is 31.8 Å². The van der Waals surface area contributed by atoms with Gasteiger partial charge in [0.1, 0.15) is 5.00 Å². The topological polar surface area (TPSA) is 51.2 Å². The summed E-state index contributed by atoms with van der Waals surface area (Å²) in [6.07, 6.45) is 7.05. The number of esters is 1. The zero-order valence-electron chi connectivity index (χ0n) is 11.6. The smallest absolute Gasteiger partial charge is 0.360 e. The van der Waals surface area contributed by atoms with Gasteiger partial charge in [0, 0.05) is 6.54 Å². The fraction of sp³-hybridized carbons (Fsp3) is 0.692. The first-order valence-electron chi connectivity index (χ1n) is 6.63. The number of rotatable bonds is 10. The average Bonchev–Trinajstić information content (AvgIpc) is 2.86. The number of thiazole rings is 1. The summed E-state index contributed by atoms with van der Waals surface area (Å²) in [6.45, 7) is 3.06. The summed E-state index contributed by atoms with van der Waals surface area (Å²) in [5, 5.41) is 4.10. The first-order chi connectivity index (χ1) is 9.29. The predicted molar refractivity (Wildman–Crippen MR) is 83.4 cm³/mol. The molecular formula is C13H22N2O2S2. The van der Waals surface area contributed by atoms with Crippen molar-refractivity contribution in [1.82, 2.24) is 4.98 Å². The van der Waals surface area contributed by atoms with Crippen molar-refractivity contribution in [2.75, 3.05) is 30.5 Å². The summed E-state index contributed by atoms with van der Waals surface area (Å²) in [6, 6.07) is 0. The second-order valence-corrected chi connectivity index (χ2v) is 5.92. The molecule has 0 spiro atoms. The molecule has 0 unspecified atom stereocenters. The monoisotopic (exact) mass is 302 g/mol. The second kappa shape index (κ2) is 10.1. The fourth-order valence-corrected chi connectivity index (χ4v) is 2.83. The first kappa shape index (κ1) is 16.3. The lowest BCUT2D eigenvalue weighted by atomic mass is 10.2. The largest absolute Gasteiger partial charge is 0.461 e. The van der Waals surface area contributed by atoms with Crippen molar-refractivity contribution < 1.29 is 9.53 Å². The third kappa shape index (κ3) is 6.29. The molecule has 0 aliphatic carbocycles. The van der Waals surface area contributed by atoms with E-state index in [1.165, 1.54) is 36.4 Å². The van der Waals surface area contributed by atoms with Crippen LogP contribution >= 0.6 is 23.1 Å². The number of hydrogen-bond acceptors (Lipinski definition) is 6. The number of carbonyl (C=O) groups excluding carboxylic acids is 1. The number of carbonyl (C=O) groups is 1. The molecule has 6 heteroatoms. The summed E-state index contributed by atoms with van der Waals surface area (Å²) >= 11 is 3.35. The predicted octanol–water partition coefficient (Wildman–Crippen LogP) is 3.66. The van der Waals surface area contributed by atoms with Gasteiger partial charge in [-0.2, -0.15) is 11.8 Å². The Morgan fingerprint density at radius 3 is 2.95 bits per heavy atom. The van der Waals surface area contributed by atoms with Crippen molar-refractivity contribution in [3.05, 3.63) is 11.2 Å². The van der Waals surface area contributed by atoms with Gasteiger partial charge in [-0.3, -0.25) is 0 Å². The Kier molecular flexibility index (Phi) is 8.66. The molecule has 19 heavy (non-hydrogen) atoms. The number of anilines is 1. The van der Waals surface area contributed by atoms with Gasteiger partial charge in [0.2, 0.25) is 0 Å². The Hall–Kier alpha value is -0.750. The Morgan fingerprint density at radius 1 is 1.42 bits per heavy atom. The van der Waals surface area contributed by atoms with Crippen LogP contribution in [0.15, 0.2) is 5.51 Å². The van der Waals surface area contributed by atoms with Crippen LogP contribution < -0.4 is 5.32 Å². The Morgan fingerprint density at radius 2 is 2.21 bits per heavy atom. The number of aromatic nitrogens is 1. The molecule has 1 rings (SSSR count). The van der Waals surface area contributed by atoms with Crippen LogP contribution in [0.2, 0.25) is 0 Å². The van der Waals surface area contributed by atoms with Crippen LogP contribution in [0.25, 0.3) is 0 Å². The molecule has 108 valence electrons. The maximum Gasteiger partial charge on any atom is 0.360 e. The van der Waals surface area contributed by atoms with Gasteiger partial charge >= 0.3 is 5.97 Å². The van der Waals surface area contributed by atoms with E-state index in [1.807, 2.05) is 11.8 Å². The summed E-state index contributed by atoms with van der Waals surface area (Å²) in [5.41, 5.74) is 2.08. The Bertz CT molecular complexity index is 369. The fourth-order valence-electron chi connectivity index (χ4n) is 1.64. The summed E-state index contributed by atoms with van der Waals surface area (Å²) in [7, 11) is 0. The van der Waals surface area contributed by atoms with E-state index in [1.54, 1.807) is 12.4 Å². The molecule has 0 aromatic carbocycles. The van der Waals surface area contributed by atoms with E-state index in [4.69, 9.17) is 4.74 Å². The lowest BCUT2D eigenvalue weighted by Gasteiger charge is -2.06. The Labute approximate surface area is 123 Å². The third-order valence-corrected chi connectivity index (χ3v) is 4.08. The highest BCUT2D eigenvalue weighted by molar-refractivity contribution is 7.98. The molecule has 0 aliphatic heterocycles. The van der Waals surface area contributed by atoms with Crippen molar-refractivity contribution in [2.45, 2.75) is 32.6 Å². The molecule has 0 radical (unpaired) electrons. The van der Waals surface area contributed by atoms with Crippen LogP contribution in [0.4, 0.5) is 5.00 Å². The Balaban J connectivity index is 2.22. The van der Waals surface area contributed by atoms with Gasteiger partial charge in [0.15, 0.2) is 5.69 Å². The van der Waals surface area contributed by atoms with E-state index in [2.05, 4.69) is 16.6 Å². The first-order valence-corrected chi connectivity index (χ1v) is 8.90. The molecule has 0 fully saturated rings. The summed E-state index contributed by atoms with van der Waals surface area (Å²) in [4.78, 5) is 15.7. The van der Waals surface area contributed by atoms with Crippen LogP contribution in [-0.4, -0.2) is 36.1 Å². The zero-order chi connectivity index (χ0) is 13.9. The van der Waals surface area contributed by atoms with Crippen molar-refractivity contribution in [2.24, 2.45) is 0 Å². The van der Waals surface area contributed by atoms with E-state index in [9.17, 15) is 4.79 Å². The molecule has 1 heterocycles. The molecule has 4 nitrogen and oxygen atoms in total. The molecule has 1 aromatic rings. The normalized spacial score (nSPS) is 10.4. The number of ether oxygens (including phenoxy) is 1. The lowest BCUT2D eigenvalue weighted by Crippen LogP contribution is -2.09. The second-order valence-electron chi connectivity index (χ2n) is 4.08. The number of hydrogen-bond donors (Lipinski definition) is 1. The number of nitrogens with one attached hydrogen (secondary N) is 1. The van der Waals surface area contributed by atoms with Gasteiger partial charge in [0.25, 0.3) is 0 Å².